The van der Waals surface area contributed by atoms with Crippen LogP contribution in [0.4, 0.5) is 0 Å². The van der Waals surface area contributed by atoms with E-state index in [-0.39, 0.29) is 0 Å². The summed E-state index contributed by atoms with van der Waals surface area (Å²) in [4.78, 5) is 0.358. The van der Waals surface area contributed by atoms with Crippen LogP contribution in [0.1, 0.15) is 12.5 Å². The van der Waals surface area contributed by atoms with E-state index in [1.807, 2.05) is 23.9 Å². The van der Waals surface area contributed by atoms with Gasteiger partial charge in [-0.05, 0) is 24.0 Å². The predicted octanol–water partition coefficient (Wildman–Crippen LogP) is 2.46. The van der Waals surface area contributed by atoms with Gasteiger partial charge in [-0.2, -0.15) is 11.8 Å². The Bertz CT molecular complexity index is 383. The number of hydrogen-bond acceptors (Lipinski definition) is 4. The molecule has 0 amide bonds. The Balaban J connectivity index is 2.68. The molecule has 0 atom stereocenters. The molecule has 0 aliphatic heterocycles. The number of thioether (sulfide) groups is 1. The molecule has 0 bridgehead atoms. The molecule has 0 saturated carbocycles. The first-order valence-electron chi connectivity index (χ1n) is 5.37. The lowest BCUT2D eigenvalue weighted by atomic mass is 10.2. The predicted molar refractivity (Wildman–Crippen MR) is 77.4 cm³/mol. The number of benzene rings is 1. The van der Waals surface area contributed by atoms with E-state index in [2.05, 4.69) is 6.92 Å². The van der Waals surface area contributed by atoms with Gasteiger partial charge in [-0.15, -0.1) is 0 Å². The Morgan fingerprint density at radius 1 is 1.41 bits per heavy atom. The first-order chi connectivity index (χ1) is 8.19. The molecule has 0 aliphatic rings. The van der Waals surface area contributed by atoms with Crippen molar-refractivity contribution in [3.8, 4) is 11.5 Å². The molecule has 1 aromatic carbocycles. The molecule has 94 valence electrons. The van der Waals surface area contributed by atoms with Crippen molar-refractivity contribution >= 4 is 29.0 Å². The average molecular weight is 271 g/mol. The molecule has 0 saturated heterocycles. The summed E-state index contributed by atoms with van der Waals surface area (Å²) < 4.78 is 10.9. The van der Waals surface area contributed by atoms with Crippen LogP contribution in [0.3, 0.4) is 0 Å². The lowest BCUT2D eigenvalue weighted by molar-refractivity contribution is 0.313. The Labute approximate surface area is 112 Å². The van der Waals surface area contributed by atoms with E-state index >= 15 is 0 Å². The minimum atomic E-state index is 0.358. The molecule has 1 aromatic rings. The van der Waals surface area contributed by atoms with Gasteiger partial charge in [0.15, 0.2) is 11.5 Å². The maximum Gasteiger partial charge on any atom is 0.161 e. The van der Waals surface area contributed by atoms with Gasteiger partial charge < -0.3 is 15.2 Å². The molecule has 0 unspecified atom stereocenters. The molecule has 0 radical (unpaired) electrons. The lowest BCUT2D eigenvalue weighted by Crippen LogP contribution is -2.10. The van der Waals surface area contributed by atoms with Crippen LogP contribution in [0.25, 0.3) is 0 Å². The van der Waals surface area contributed by atoms with E-state index in [4.69, 9.17) is 27.4 Å². The summed E-state index contributed by atoms with van der Waals surface area (Å²) in [6.45, 7) is 2.80. The Morgan fingerprint density at radius 3 is 2.76 bits per heavy atom. The molecule has 0 aromatic heterocycles. The maximum atomic E-state index is 5.63. The van der Waals surface area contributed by atoms with Gasteiger partial charge in [-0.1, -0.05) is 19.1 Å². The molecule has 0 fully saturated rings. The highest BCUT2D eigenvalue weighted by atomic mass is 32.2. The summed E-state index contributed by atoms with van der Waals surface area (Å²) in [7, 11) is 1.60. The standard InChI is InChI=1S/C12H17NO2S2/c1-3-17-7-6-15-10-5-4-9(12(13)16)8-11(10)14-2/h4-5,8H,3,6-7H2,1-2H3,(H2,13,16). The molecule has 5 heteroatoms. The first kappa shape index (κ1) is 14.1. The van der Waals surface area contributed by atoms with E-state index in [0.717, 1.165) is 22.8 Å². The highest BCUT2D eigenvalue weighted by Crippen LogP contribution is 2.28. The van der Waals surface area contributed by atoms with Crippen LogP contribution >= 0.6 is 24.0 Å². The Morgan fingerprint density at radius 2 is 2.18 bits per heavy atom. The number of thiocarbonyl (C=S) groups is 1. The summed E-state index contributed by atoms with van der Waals surface area (Å²) in [5.74, 6) is 3.46. The number of ether oxygens (including phenoxy) is 2. The minimum absolute atomic E-state index is 0.358. The van der Waals surface area contributed by atoms with Crippen molar-refractivity contribution in [2.24, 2.45) is 5.73 Å². The highest BCUT2D eigenvalue weighted by molar-refractivity contribution is 7.99. The number of methoxy groups -OCH3 is 1. The van der Waals surface area contributed by atoms with Crippen LogP contribution in [0.2, 0.25) is 0 Å². The zero-order chi connectivity index (χ0) is 12.7. The average Bonchev–Trinajstić information content (AvgIpc) is 2.34. The van der Waals surface area contributed by atoms with Gasteiger partial charge in [0, 0.05) is 11.3 Å². The zero-order valence-electron chi connectivity index (χ0n) is 10.1. The molecule has 0 aliphatic carbocycles. The van der Waals surface area contributed by atoms with Crippen LogP contribution in [0.5, 0.6) is 11.5 Å². The van der Waals surface area contributed by atoms with Crippen molar-refractivity contribution in [1.82, 2.24) is 0 Å². The summed E-state index contributed by atoms with van der Waals surface area (Å²) in [5.41, 5.74) is 6.34. The van der Waals surface area contributed by atoms with Crippen molar-refractivity contribution < 1.29 is 9.47 Å². The van der Waals surface area contributed by atoms with Crippen molar-refractivity contribution in [3.63, 3.8) is 0 Å². The Hall–Kier alpha value is -0.940. The van der Waals surface area contributed by atoms with Crippen LogP contribution in [-0.4, -0.2) is 30.2 Å². The van der Waals surface area contributed by atoms with E-state index in [1.54, 1.807) is 13.2 Å². The van der Waals surface area contributed by atoms with Gasteiger partial charge in [0.2, 0.25) is 0 Å². The second-order valence-electron chi connectivity index (χ2n) is 3.28. The fourth-order valence-electron chi connectivity index (χ4n) is 1.29. The quantitative estimate of drug-likeness (QED) is 0.609. The van der Waals surface area contributed by atoms with Gasteiger partial charge in [0.05, 0.1) is 13.7 Å². The van der Waals surface area contributed by atoms with E-state index in [1.165, 1.54) is 0 Å². The fourth-order valence-corrected chi connectivity index (χ4v) is 1.91. The highest BCUT2D eigenvalue weighted by Gasteiger charge is 2.06. The summed E-state index contributed by atoms with van der Waals surface area (Å²) in [6, 6.07) is 5.47. The first-order valence-corrected chi connectivity index (χ1v) is 6.93. The van der Waals surface area contributed by atoms with Gasteiger partial charge in [-0.3, -0.25) is 0 Å². The third-order valence-electron chi connectivity index (χ3n) is 2.14. The summed E-state index contributed by atoms with van der Waals surface area (Å²) in [6.07, 6.45) is 0. The zero-order valence-corrected chi connectivity index (χ0v) is 11.7. The summed E-state index contributed by atoms with van der Waals surface area (Å²) in [5, 5.41) is 0. The van der Waals surface area contributed by atoms with Crippen molar-refractivity contribution in [3.05, 3.63) is 23.8 Å². The normalized spacial score (nSPS) is 10.0. The maximum absolute atomic E-state index is 5.63. The van der Waals surface area contributed by atoms with Gasteiger partial charge >= 0.3 is 0 Å². The Kier molecular flexibility index (Phi) is 6.15. The molecule has 1 rings (SSSR count). The monoisotopic (exact) mass is 271 g/mol. The second-order valence-corrected chi connectivity index (χ2v) is 5.11. The number of nitrogens with two attached hydrogens (primary N) is 1. The van der Waals surface area contributed by atoms with E-state index in [0.29, 0.717) is 17.3 Å². The van der Waals surface area contributed by atoms with Gasteiger partial charge in [0.1, 0.15) is 4.99 Å². The fraction of sp³-hybridized carbons (Fsp3) is 0.417. The van der Waals surface area contributed by atoms with Crippen LogP contribution in [0, 0.1) is 0 Å². The van der Waals surface area contributed by atoms with Crippen LogP contribution < -0.4 is 15.2 Å². The van der Waals surface area contributed by atoms with Crippen molar-refractivity contribution in [1.29, 1.82) is 0 Å². The largest absolute Gasteiger partial charge is 0.493 e. The third-order valence-corrected chi connectivity index (χ3v) is 3.24. The lowest BCUT2D eigenvalue weighted by Gasteiger charge is -2.11. The molecule has 0 heterocycles. The van der Waals surface area contributed by atoms with Crippen molar-refractivity contribution in [2.75, 3.05) is 25.2 Å². The molecule has 3 nitrogen and oxygen atoms in total. The third kappa shape index (κ3) is 4.44. The topological polar surface area (TPSA) is 44.5 Å². The van der Waals surface area contributed by atoms with E-state index in [9.17, 15) is 0 Å². The molecule has 2 N–H and O–H groups in total. The van der Waals surface area contributed by atoms with Crippen molar-refractivity contribution in [2.45, 2.75) is 6.92 Å². The van der Waals surface area contributed by atoms with Gasteiger partial charge in [-0.25, -0.2) is 0 Å². The number of hydrogen-bond donors (Lipinski definition) is 1. The molecular weight excluding hydrogens is 254 g/mol. The molecular formula is C12H17NO2S2. The van der Waals surface area contributed by atoms with Crippen LogP contribution in [-0.2, 0) is 0 Å². The molecule has 0 spiro atoms. The SMILES string of the molecule is CCSCCOc1ccc(C(N)=S)cc1OC. The second kappa shape index (κ2) is 7.40. The van der Waals surface area contributed by atoms with E-state index < -0.39 is 0 Å². The minimum Gasteiger partial charge on any atom is -0.493 e. The summed E-state index contributed by atoms with van der Waals surface area (Å²) >= 11 is 6.76. The van der Waals surface area contributed by atoms with Gasteiger partial charge in [0.25, 0.3) is 0 Å². The number of rotatable bonds is 7. The van der Waals surface area contributed by atoms with Crippen LogP contribution in [0.15, 0.2) is 18.2 Å². The molecule has 17 heavy (non-hydrogen) atoms. The smallest absolute Gasteiger partial charge is 0.161 e.